The Morgan fingerprint density at radius 2 is 2.08 bits per heavy atom. The van der Waals surface area contributed by atoms with Crippen molar-refractivity contribution in [3.05, 3.63) is 53.6 Å². The monoisotopic (exact) mass is 344 g/mol. The fourth-order valence-electron chi connectivity index (χ4n) is 3.38. The fraction of sp³-hybridized carbons (Fsp3) is 0.474. The summed E-state index contributed by atoms with van der Waals surface area (Å²) in [7, 11) is 1.91. The second-order valence-electron chi connectivity index (χ2n) is 6.60. The van der Waals surface area contributed by atoms with Gasteiger partial charge in [0, 0.05) is 38.4 Å². The molecular weight excluding hydrogens is 319 g/mol. The number of hydrogen-bond donors (Lipinski definition) is 1. The topological polar surface area (TPSA) is 50.2 Å². The van der Waals surface area contributed by atoms with Crippen LogP contribution in [0, 0.1) is 5.82 Å². The molecule has 0 spiro atoms. The number of aryl methyl sites for hydroxylation is 1. The molecule has 0 aliphatic carbocycles. The van der Waals surface area contributed by atoms with E-state index >= 15 is 0 Å². The van der Waals surface area contributed by atoms with Crippen molar-refractivity contribution in [3.8, 4) is 0 Å². The highest BCUT2D eigenvalue weighted by Crippen LogP contribution is 2.20. The van der Waals surface area contributed by atoms with Crippen LogP contribution in [0.3, 0.4) is 0 Å². The second kappa shape index (κ2) is 8.25. The molecule has 0 radical (unpaired) electrons. The third kappa shape index (κ3) is 4.66. The Bertz CT molecular complexity index is 698. The van der Waals surface area contributed by atoms with Crippen molar-refractivity contribution in [1.82, 2.24) is 20.0 Å². The second-order valence-corrected chi connectivity index (χ2v) is 6.60. The molecule has 1 fully saturated rings. The van der Waals surface area contributed by atoms with Gasteiger partial charge in [-0.2, -0.15) is 5.10 Å². The molecule has 0 saturated carbocycles. The van der Waals surface area contributed by atoms with Crippen molar-refractivity contribution in [2.24, 2.45) is 7.05 Å². The molecule has 1 atom stereocenters. The summed E-state index contributed by atoms with van der Waals surface area (Å²) in [6.07, 6.45) is 5.58. The van der Waals surface area contributed by atoms with E-state index in [1.807, 2.05) is 17.8 Å². The maximum absolute atomic E-state index is 13.1. The van der Waals surface area contributed by atoms with Gasteiger partial charge in [0.25, 0.3) is 0 Å². The van der Waals surface area contributed by atoms with Gasteiger partial charge in [0.2, 0.25) is 5.91 Å². The van der Waals surface area contributed by atoms with Crippen molar-refractivity contribution in [3.63, 3.8) is 0 Å². The minimum Gasteiger partial charge on any atom is -0.354 e. The van der Waals surface area contributed by atoms with Gasteiger partial charge in [0.1, 0.15) is 5.82 Å². The maximum Gasteiger partial charge on any atom is 0.237 e. The minimum absolute atomic E-state index is 0.0870. The third-order valence-electron chi connectivity index (χ3n) is 4.82. The lowest BCUT2D eigenvalue weighted by molar-refractivity contribution is -0.127. The van der Waals surface area contributed by atoms with E-state index in [1.54, 1.807) is 18.3 Å². The summed E-state index contributed by atoms with van der Waals surface area (Å²) < 4.78 is 14.9. The summed E-state index contributed by atoms with van der Waals surface area (Å²) in [6.45, 7) is 2.19. The Hall–Kier alpha value is -2.21. The summed E-state index contributed by atoms with van der Waals surface area (Å²) in [5.74, 6) is -0.143. The van der Waals surface area contributed by atoms with Gasteiger partial charge in [-0.1, -0.05) is 18.6 Å². The number of piperidine rings is 1. The Labute approximate surface area is 147 Å². The molecular formula is C19H25FN4O. The zero-order valence-electron chi connectivity index (χ0n) is 14.6. The fourth-order valence-corrected chi connectivity index (χ4v) is 3.38. The van der Waals surface area contributed by atoms with Gasteiger partial charge in [-0.25, -0.2) is 4.39 Å². The van der Waals surface area contributed by atoms with Crippen LogP contribution in [-0.4, -0.2) is 39.7 Å². The molecule has 1 aromatic heterocycles. The largest absolute Gasteiger partial charge is 0.354 e. The van der Waals surface area contributed by atoms with Gasteiger partial charge >= 0.3 is 0 Å². The van der Waals surface area contributed by atoms with Crippen LogP contribution in [-0.2, 0) is 24.8 Å². The van der Waals surface area contributed by atoms with E-state index in [0.717, 1.165) is 43.5 Å². The maximum atomic E-state index is 13.1. The molecule has 2 heterocycles. The minimum atomic E-state index is -0.230. The lowest BCUT2D eigenvalue weighted by Gasteiger charge is -2.34. The van der Waals surface area contributed by atoms with E-state index in [9.17, 15) is 9.18 Å². The molecule has 0 bridgehead atoms. The number of likely N-dealkylation sites (tertiary alicyclic amines) is 1. The van der Waals surface area contributed by atoms with Crippen LogP contribution in [0.25, 0.3) is 0 Å². The first-order chi connectivity index (χ1) is 12.1. The van der Waals surface area contributed by atoms with Crippen LogP contribution in [0.4, 0.5) is 4.39 Å². The zero-order valence-corrected chi connectivity index (χ0v) is 14.6. The van der Waals surface area contributed by atoms with Crippen LogP contribution in [0.2, 0.25) is 0 Å². The number of halogens is 1. The Balaban J connectivity index is 1.55. The van der Waals surface area contributed by atoms with Gasteiger partial charge in [0.15, 0.2) is 0 Å². The number of carbonyl (C=O) groups excluding carboxylic acids is 1. The van der Waals surface area contributed by atoms with E-state index in [2.05, 4.69) is 15.3 Å². The van der Waals surface area contributed by atoms with Gasteiger partial charge in [0.05, 0.1) is 6.04 Å². The summed E-state index contributed by atoms with van der Waals surface area (Å²) in [6, 6.07) is 8.39. The average Bonchev–Trinajstić information content (AvgIpc) is 3.02. The number of rotatable bonds is 6. The van der Waals surface area contributed by atoms with Crippen molar-refractivity contribution >= 4 is 5.91 Å². The molecule has 6 heteroatoms. The Morgan fingerprint density at radius 1 is 1.28 bits per heavy atom. The molecule has 0 unspecified atom stereocenters. The third-order valence-corrected chi connectivity index (χ3v) is 4.82. The highest BCUT2D eigenvalue weighted by atomic mass is 19.1. The van der Waals surface area contributed by atoms with Crippen molar-refractivity contribution in [2.45, 2.75) is 38.3 Å². The molecule has 25 heavy (non-hydrogen) atoms. The SMILES string of the molecule is Cn1nccc1CCNC(=O)[C@@H]1CCCCN1Cc1ccc(F)cc1. The van der Waals surface area contributed by atoms with Gasteiger partial charge < -0.3 is 5.32 Å². The number of benzene rings is 1. The summed E-state index contributed by atoms with van der Waals surface area (Å²) in [4.78, 5) is 14.8. The van der Waals surface area contributed by atoms with E-state index < -0.39 is 0 Å². The summed E-state index contributed by atoms with van der Waals surface area (Å²) in [5.41, 5.74) is 2.14. The Kier molecular flexibility index (Phi) is 5.81. The molecule has 1 N–H and O–H groups in total. The van der Waals surface area contributed by atoms with E-state index in [0.29, 0.717) is 13.1 Å². The molecule has 1 saturated heterocycles. The number of nitrogens with one attached hydrogen (secondary N) is 1. The summed E-state index contributed by atoms with van der Waals surface area (Å²) >= 11 is 0. The van der Waals surface area contributed by atoms with E-state index in [4.69, 9.17) is 0 Å². The molecule has 1 amide bonds. The highest BCUT2D eigenvalue weighted by Gasteiger charge is 2.28. The van der Waals surface area contributed by atoms with Crippen molar-refractivity contribution in [1.29, 1.82) is 0 Å². The van der Waals surface area contributed by atoms with Crippen LogP contribution in [0.5, 0.6) is 0 Å². The number of nitrogens with zero attached hydrogens (tertiary/aromatic N) is 3. The van der Waals surface area contributed by atoms with Crippen molar-refractivity contribution in [2.75, 3.05) is 13.1 Å². The molecule has 1 aliphatic rings. The standard InChI is InChI=1S/C19H25FN4O/c1-23-17(10-12-22-23)9-11-21-19(25)18-4-2-3-13-24(18)14-15-5-7-16(20)8-6-15/h5-8,10,12,18H,2-4,9,11,13-14H2,1H3,(H,21,25)/t18-/m0/s1. The Morgan fingerprint density at radius 3 is 2.80 bits per heavy atom. The van der Waals surface area contributed by atoms with Gasteiger partial charge in [-0.3, -0.25) is 14.4 Å². The molecule has 5 nitrogen and oxygen atoms in total. The van der Waals surface area contributed by atoms with Gasteiger partial charge in [-0.05, 0) is 43.1 Å². The number of aromatic nitrogens is 2. The number of hydrogen-bond acceptors (Lipinski definition) is 3. The van der Waals surface area contributed by atoms with Crippen LogP contribution < -0.4 is 5.32 Å². The zero-order chi connectivity index (χ0) is 17.6. The molecule has 134 valence electrons. The first-order valence-corrected chi connectivity index (χ1v) is 8.86. The van der Waals surface area contributed by atoms with E-state index in [-0.39, 0.29) is 17.8 Å². The van der Waals surface area contributed by atoms with Crippen molar-refractivity contribution < 1.29 is 9.18 Å². The predicted octanol–water partition coefficient (Wildman–Crippen LogP) is 2.27. The highest BCUT2D eigenvalue weighted by molar-refractivity contribution is 5.81. The molecule has 1 aromatic carbocycles. The summed E-state index contributed by atoms with van der Waals surface area (Å²) in [5, 5.41) is 7.20. The normalized spacial score (nSPS) is 18.2. The molecule has 3 rings (SSSR count). The lowest BCUT2D eigenvalue weighted by Crippen LogP contribution is -2.49. The van der Waals surface area contributed by atoms with Gasteiger partial charge in [-0.15, -0.1) is 0 Å². The lowest BCUT2D eigenvalue weighted by atomic mass is 10.0. The average molecular weight is 344 g/mol. The van der Waals surface area contributed by atoms with Crippen LogP contribution >= 0.6 is 0 Å². The number of amides is 1. The molecule has 2 aromatic rings. The smallest absolute Gasteiger partial charge is 0.237 e. The molecule has 1 aliphatic heterocycles. The predicted molar refractivity (Wildman–Crippen MR) is 94.4 cm³/mol. The number of carbonyl (C=O) groups is 1. The first kappa shape index (κ1) is 17.6. The van der Waals surface area contributed by atoms with Crippen LogP contribution in [0.15, 0.2) is 36.5 Å². The van der Waals surface area contributed by atoms with Crippen LogP contribution in [0.1, 0.15) is 30.5 Å². The van der Waals surface area contributed by atoms with E-state index in [1.165, 1.54) is 12.1 Å². The first-order valence-electron chi connectivity index (χ1n) is 8.86. The quantitative estimate of drug-likeness (QED) is 0.875.